The Balaban J connectivity index is 2.37. The summed E-state index contributed by atoms with van der Waals surface area (Å²) in [6, 6.07) is 0. The van der Waals surface area contributed by atoms with E-state index in [1.165, 1.54) is 25.7 Å². The van der Waals surface area contributed by atoms with Crippen LogP contribution in [0.1, 0.15) is 45.4 Å². The van der Waals surface area contributed by atoms with Gasteiger partial charge in [0, 0.05) is 13.2 Å². The van der Waals surface area contributed by atoms with Crippen LogP contribution in [0.2, 0.25) is 0 Å². The number of aliphatic hydroxyl groups is 3. The lowest BCUT2D eigenvalue weighted by Crippen LogP contribution is -2.60. The van der Waals surface area contributed by atoms with E-state index in [2.05, 4.69) is 6.92 Å². The molecule has 5 atom stereocenters. The highest BCUT2D eigenvalue weighted by Crippen LogP contribution is 2.24. The van der Waals surface area contributed by atoms with Gasteiger partial charge < -0.3 is 35.3 Å². The first kappa shape index (κ1) is 20.8. The molecule has 1 heterocycles. The molecule has 1 aliphatic heterocycles. The minimum atomic E-state index is -1.12. The lowest BCUT2D eigenvalue weighted by atomic mass is 9.99. The van der Waals surface area contributed by atoms with E-state index in [0.717, 1.165) is 12.8 Å². The van der Waals surface area contributed by atoms with E-state index in [1.807, 2.05) is 0 Å². The molecule has 7 heteroatoms. The first-order valence-corrected chi connectivity index (χ1v) is 8.71. The van der Waals surface area contributed by atoms with Gasteiger partial charge in [0.25, 0.3) is 0 Å². The van der Waals surface area contributed by atoms with Crippen molar-refractivity contribution in [2.75, 3.05) is 26.4 Å². The number of ether oxygens (including phenoxy) is 3. The molecule has 1 aliphatic rings. The van der Waals surface area contributed by atoms with Crippen LogP contribution in [0.15, 0.2) is 0 Å². The molecule has 5 N–H and O–H groups in total. The molecule has 0 aromatic carbocycles. The number of hydrogen-bond acceptors (Lipinski definition) is 7. The fourth-order valence-electron chi connectivity index (χ4n) is 2.67. The summed E-state index contributed by atoms with van der Waals surface area (Å²) in [7, 11) is 0. The van der Waals surface area contributed by atoms with Crippen molar-refractivity contribution in [2.24, 2.45) is 5.73 Å². The van der Waals surface area contributed by atoms with Crippen LogP contribution in [0, 0.1) is 0 Å². The zero-order valence-corrected chi connectivity index (χ0v) is 14.1. The summed E-state index contributed by atoms with van der Waals surface area (Å²) in [4.78, 5) is 0. The molecule has 7 nitrogen and oxygen atoms in total. The summed E-state index contributed by atoms with van der Waals surface area (Å²) in [5.41, 5.74) is 5.39. The number of rotatable bonds is 12. The number of hydrogen-bond donors (Lipinski definition) is 4. The summed E-state index contributed by atoms with van der Waals surface area (Å²) in [5.74, 6) is 0. The van der Waals surface area contributed by atoms with Crippen LogP contribution in [0.5, 0.6) is 0 Å². The molecular formula is C16H33NO6. The van der Waals surface area contributed by atoms with Crippen LogP contribution >= 0.6 is 0 Å². The molecule has 1 fully saturated rings. The van der Waals surface area contributed by atoms with Crippen LogP contribution in [0.3, 0.4) is 0 Å². The van der Waals surface area contributed by atoms with Gasteiger partial charge in [-0.15, -0.1) is 0 Å². The van der Waals surface area contributed by atoms with Crippen LogP contribution in [0.4, 0.5) is 0 Å². The van der Waals surface area contributed by atoms with Crippen molar-refractivity contribution in [3.8, 4) is 0 Å². The zero-order chi connectivity index (χ0) is 17.1. The van der Waals surface area contributed by atoms with Crippen molar-refractivity contribution in [3.63, 3.8) is 0 Å². The maximum atomic E-state index is 10.3. The Morgan fingerprint density at radius 2 is 1.65 bits per heavy atom. The second-order valence-electron chi connectivity index (χ2n) is 5.97. The van der Waals surface area contributed by atoms with Gasteiger partial charge in [-0.25, -0.2) is 0 Å². The minimum absolute atomic E-state index is 0.209. The molecule has 0 unspecified atom stereocenters. The predicted molar refractivity (Wildman–Crippen MR) is 85.9 cm³/mol. The molecule has 0 aromatic heterocycles. The van der Waals surface area contributed by atoms with E-state index >= 15 is 0 Å². The fraction of sp³-hybridized carbons (Fsp3) is 1.00. The van der Waals surface area contributed by atoms with Crippen LogP contribution in [-0.4, -0.2) is 72.4 Å². The van der Waals surface area contributed by atoms with Crippen molar-refractivity contribution < 1.29 is 29.5 Å². The third-order valence-electron chi connectivity index (χ3n) is 4.03. The van der Waals surface area contributed by atoms with Crippen molar-refractivity contribution in [1.82, 2.24) is 0 Å². The Hall–Kier alpha value is -0.280. The van der Waals surface area contributed by atoms with Crippen molar-refractivity contribution in [3.05, 3.63) is 0 Å². The zero-order valence-electron chi connectivity index (χ0n) is 14.1. The van der Waals surface area contributed by atoms with Gasteiger partial charge in [-0.05, 0) is 6.42 Å². The van der Waals surface area contributed by atoms with Gasteiger partial charge >= 0.3 is 0 Å². The maximum Gasteiger partial charge on any atom is 0.186 e. The lowest BCUT2D eigenvalue weighted by molar-refractivity contribution is -0.307. The number of nitrogens with two attached hydrogens (primary N) is 1. The van der Waals surface area contributed by atoms with Gasteiger partial charge in [0.1, 0.15) is 24.4 Å². The van der Waals surface area contributed by atoms with E-state index in [1.54, 1.807) is 0 Å². The predicted octanol–water partition coefficient (Wildman–Crippen LogP) is 0.146. The monoisotopic (exact) mass is 335 g/mol. The summed E-state index contributed by atoms with van der Waals surface area (Å²) in [6.45, 7) is 2.77. The number of aliphatic hydroxyl groups excluding tert-OH is 3. The summed E-state index contributed by atoms with van der Waals surface area (Å²) >= 11 is 0. The first-order chi connectivity index (χ1) is 11.2. The molecule has 0 aliphatic carbocycles. The molecule has 138 valence electrons. The van der Waals surface area contributed by atoms with E-state index in [0.29, 0.717) is 6.61 Å². The Kier molecular flexibility index (Phi) is 11.0. The van der Waals surface area contributed by atoms with Gasteiger partial charge in [-0.3, -0.25) is 0 Å². The minimum Gasteiger partial charge on any atom is -0.394 e. The number of unbranched alkanes of at least 4 members (excludes halogenated alkanes) is 5. The standard InChI is InChI=1S/C16H33NO6/c1-2-3-4-5-6-7-9-22-16-14(20)15(21-10-8-17)13(19)12(11-18)23-16/h12-16,18-20H,2-11,17H2,1H3/t12-,13+,14-,15+,16-/m1/s1. The molecule has 0 saturated carbocycles. The third kappa shape index (κ3) is 7.01. The molecule has 0 amide bonds. The Morgan fingerprint density at radius 3 is 2.30 bits per heavy atom. The third-order valence-corrected chi connectivity index (χ3v) is 4.03. The molecule has 0 spiro atoms. The summed E-state index contributed by atoms with van der Waals surface area (Å²) in [5, 5.41) is 29.6. The van der Waals surface area contributed by atoms with Gasteiger partial charge in [0.15, 0.2) is 6.29 Å². The molecule has 1 rings (SSSR count). The first-order valence-electron chi connectivity index (χ1n) is 8.71. The van der Waals surface area contributed by atoms with Crippen LogP contribution in [-0.2, 0) is 14.2 Å². The Bertz CT molecular complexity index is 294. The quantitative estimate of drug-likeness (QED) is 0.375. The van der Waals surface area contributed by atoms with Gasteiger partial charge in [-0.1, -0.05) is 39.0 Å². The molecule has 0 aromatic rings. The maximum absolute atomic E-state index is 10.3. The second kappa shape index (κ2) is 12.1. The van der Waals surface area contributed by atoms with E-state index in [4.69, 9.17) is 19.9 Å². The molecule has 0 bridgehead atoms. The Morgan fingerprint density at radius 1 is 0.957 bits per heavy atom. The van der Waals surface area contributed by atoms with Crippen molar-refractivity contribution >= 4 is 0 Å². The van der Waals surface area contributed by atoms with E-state index in [-0.39, 0.29) is 19.8 Å². The molecule has 1 saturated heterocycles. The van der Waals surface area contributed by atoms with Gasteiger partial charge in [0.2, 0.25) is 0 Å². The van der Waals surface area contributed by atoms with Crippen LogP contribution in [0.25, 0.3) is 0 Å². The molecular weight excluding hydrogens is 302 g/mol. The normalized spacial score (nSPS) is 31.4. The van der Waals surface area contributed by atoms with Gasteiger partial charge in [0.05, 0.1) is 13.2 Å². The molecule has 0 radical (unpaired) electrons. The lowest BCUT2D eigenvalue weighted by Gasteiger charge is -2.41. The highest BCUT2D eigenvalue weighted by Gasteiger charge is 2.45. The Labute approximate surface area is 138 Å². The van der Waals surface area contributed by atoms with Crippen LogP contribution < -0.4 is 5.73 Å². The SMILES string of the molecule is CCCCCCCCO[C@@H]1O[C@H](CO)[C@H](O)[C@H](OCCN)[C@H]1O. The topological polar surface area (TPSA) is 114 Å². The largest absolute Gasteiger partial charge is 0.394 e. The van der Waals surface area contributed by atoms with E-state index in [9.17, 15) is 15.3 Å². The average molecular weight is 335 g/mol. The summed E-state index contributed by atoms with van der Waals surface area (Å²) < 4.78 is 16.4. The smallest absolute Gasteiger partial charge is 0.186 e. The summed E-state index contributed by atoms with van der Waals surface area (Å²) in [6.07, 6.45) is 1.98. The van der Waals surface area contributed by atoms with E-state index < -0.39 is 30.7 Å². The average Bonchev–Trinajstić information content (AvgIpc) is 2.55. The second-order valence-corrected chi connectivity index (χ2v) is 5.97. The highest BCUT2D eigenvalue weighted by atomic mass is 16.7. The highest BCUT2D eigenvalue weighted by molar-refractivity contribution is 4.90. The molecule has 23 heavy (non-hydrogen) atoms. The van der Waals surface area contributed by atoms with Crippen molar-refractivity contribution in [2.45, 2.75) is 76.2 Å². The fourth-order valence-corrected chi connectivity index (χ4v) is 2.67. The van der Waals surface area contributed by atoms with Gasteiger partial charge in [-0.2, -0.15) is 0 Å². The van der Waals surface area contributed by atoms with Crippen molar-refractivity contribution in [1.29, 1.82) is 0 Å².